The monoisotopic (exact) mass is 288 g/mol. The third-order valence-corrected chi connectivity index (χ3v) is 3.78. The summed E-state index contributed by atoms with van der Waals surface area (Å²) >= 11 is 0. The van der Waals surface area contributed by atoms with Crippen molar-refractivity contribution in [3.8, 4) is 6.07 Å². The standard InChI is InChI=1S/C16H12N6/c17-8-11-14(10-4-3-7-19-9-10)22-13-6-2-1-5-12(13)20-16(22)21-15(11)18/h1-7,9,14H,18H2,(H,20,21). The van der Waals surface area contributed by atoms with E-state index in [4.69, 9.17) is 5.73 Å². The second-order valence-corrected chi connectivity index (χ2v) is 5.05. The summed E-state index contributed by atoms with van der Waals surface area (Å²) in [6.07, 6.45) is 3.45. The Morgan fingerprint density at radius 2 is 2.09 bits per heavy atom. The van der Waals surface area contributed by atoms with E-state index in [1.807, 2.05) is 41.0 Å². The molecule has 1 aliphatic heterocycles. The van der Waals surface area contributed by atoms with Crippen LogP contribution in [0.1, 0.15) is 11.6 Å². The SMILES string of the molecule is N#CC1=C(N)Nc2nc3ccccc3n2C1c1cccnc1. The first-order valence-electron chi connectivity index (χ1n) is 6.83. The van der Waals surface area contributed by atoms with Gasteiger partial charge in [0.05, 0.1) is 16.6 Å². The molecule has 0 spiro atoms. The van der Waals surface area contributed by atoms with Crippen LogP contribution in [0.3, 0.4) is 0 Å². The number of imidazole rings is 1. The molecule has 0 bridgehead atoms. The molecular weight excluding hydrogens is 276 g/mol. The van der Waals surface area contributed by atoms with Crippen LogP contribution in [0.4, 0.5) is 5.95 Å². The molecule has 106 valence electrons. The second-order valence-electron chi connectivity index (χ2n) is 5.05. The summed E-state index contributed by atoms with van der Waals surface area (Å²) in [5.41, 5.74) is 9.18. The summed E-state index contributed by atoms with van der Waals surface area (Å²) in [5, 5.41) is 12.6. The number of hydrogen-bond acceptors (Lipinski definition) is 5. The van der Waals surface area contributed by atoms with Crippen LogP contribution in [0.25, 0.3) is 11.0 Å². The zero-order chi connectivity index (χ0) is 15.1. The van der Waals surface area contributed by atoms with Gasteiger partial charge < -0.3 is 11.1 Å². The number of para-hydroxylation sites is 2. The number of nitriles is 1. The van der Waals surface area contributed by atoms with Crippen molar-refractivity contribution in [3.63, 3.8) is 0 Å². The molecular formula is C16H12N6. The Bertz CT molecular complexity index is 932. The van der Waals surface area contributed by atoms with Gasteiger partial charge in [-0.25, -0.2) is 4.98 Å². The molecule has 3 aromatic rings. The van der Waals surface area contributed by atoms with E-state index < -0.39 is 0 Å². The van der Waals surface area contributed by atoms with Gasteiger partial charge in [-0.3, -0.25) is 9.55 Å². The largest absolute Gasteiger partial charge is 0.384 e. The lowest BCUT2D eigenvalue weighted by Gasteiger charge is -2.27. The highest BCUT2D eigenvalue weighted by atomic mass is 15.3. The van der Waals surface area contributed by atoms with Gasteiger partial charge in [-0.05, 0) is 23.8 Å². The van der Waals surface area contributed by atoms with Crippen LogP contribution < -0.4 is 11.1 Å². The van der Waals surface area contributed by atoms with Crippen LogP contribution in [0.5, 0.6) is 0 Å². The maximum atomic E-state index is 9.55. The molecule has 3 N–H and O–H groups in total. The number of allylic oxidation sites excluding steroid dienone is 1. The second kappa shape index (κ2) is 4.60. The lowest BCUT2D eigenvalue weighted by molar-refractivity contribution is 0.678. The van der Waals surface area contributed by atoms with Crippen LogP contribution >= 0.6 is 0 Å². The molecule has 0 fully saturated rings. The third kappa shape index (κ3) is 1.66. The number of nitrogens with one attached hydrogen (secondary N) is 1. The van der Waals surface area contributed by atoms with E-state index in [1.165, 1.54) is 0 Å². The predicted molar refractivity (Wildman–Crippen MR) is 82.6 cm³/mol. The molecule has 6 heteroatoms. The number of nitrogens with two attached hydrogens (primary N) is 1. The lowest BCUT2D eigenvalue weighted by atomic mass is 9.99. The molecule has 2 aromatic heterocycles. The molecule has 1 unspecified atom stereocenters. The van der Waals surface area contributed by atoms with Gasteiger partial charge in [0, 0.05) is 12.4 Å². The number of anilines is 1. The van der Waals surface area contributed by atoms with Crippen molar-refractivity contribution < 1.29 is 0 Å². The van der Waals surface area contributed by atoms with E-state index in [0.717, 1.165) is 16.6 Å². The van der Waals surface area contributed by atoms with Crippen molar-refractivity contribution >= 4 is 17.0 Å². The Kier molecular flexibility index (Phi) is 2.60. The Balaban J connectivity index is 2.05. The zero-order valence-corrected chi connectivity index (χ0v) is 11.6. The molecule has 0 saturated carbocycles. The minimum atomic E-state index is -0.331. The number of hydrogen-bond donors (Lipinski definition) is 2. The maximum Gasteiger partial charge on any atom is 0.210 e. The Morgan fingerprint density at radius 3 is 2.86 bits per heavy atom. The summed E-state index contributed by atoms with van der Waals surface area (Å²) in [6.45, 7) is 0. The van der Waals surface area contributed by atoms with Gasteiger partial charge in [-0.1, -0.05) is 18.2 Å². The van der Waals surface area contributed by atoms with Gasteiger partial charge >= 0.3 is 0 Å². The quantitative estimate of drug-likeness (QED) is 0.715. The van der Waals surface area contributed by atoms with Crippen LogP contribution in [0, 0.1) is 11.3 Å². The third-order valence-electron chi connectivity index (χ3n) is 3.78. The van der Waals surface area contributed by atoms with Crippen molar-refractivity contribution in [2.45, 2.75) is 6.04 Å². The fourth-order valence-electron chi connectivity index (χ4n) is 2.83. The molecule has 3 heterocycles. The Morgan fingerprint density at radius 1 is 1.23 bits per heavy atom. The van der Waals surface area contributed by atoms with E-state index in [0.29, 0.717) is 17.3 Å². The van der Waals surface area contributed by atoms with Gasteiger partial charge in [0.1, 0.15) is 17.9 Å². The first kappa shape index (κ1) is 12.4. The van der Waals surface area contributed by atoms with Crippen molar-refractivity contribution in [3.05, 3.63) is 65.7 Å². The number of benzene rings is 1. The predicted octanol–water partition coefficient (Wildman–Crippen LogP) is 2.14. The molecule has 1 aromatic carbocycles. The first-order valence-corrected chi connectivity index (χ1v) is 6.83. The van der Waals surface area contributed by atoms with Crippen LogP contribution in [0.15, 0.2) is 60.2 Å². The van der Waals surface area contributed by atoms with Crippen LogP contribution in [-0.2, 0) is 0 Å². The molecule has 0 aliphatic carbocycles. The number of aromatic nitrogens is 3. The molecule has 0 saturated heterocycles. The van der Waals surface area contributed by atoms with E-state index in [9.17, 15) is 5.26 Å². The molecule has 6 nitrogen and oxygen atoms in total. The van der Waals surface area contributed by atoms with E-state index in [1.54, 1.807) is 12.4 Å². The Labute approximate surface area is 126 Å². The van der Waals surface area contributed by atoms with Gasteiger partial charge in [-0.15, -0.1) is 0 Å². The fourth-order valence-corrected chi connectivity index (χ4v) is 2.83. The molecule has 0 radical (unpaired) electrons. The number of nitrogens with zero attached hydrogens (tertiary/aromatic N) is 4. The fraction of sp³-hybridized carbons (Fsp3) is 0.0625. The summed E-state index contributed by atoms with van der Waals surface area (Å²) in [4.78, 5) is 8.72. The van der Waals surface area contributed by atoms with Crippen LogP contribution in [0.2, 0.25) is 0 Å². The van der Waals surface area contributed by atoms with Gasteiger partial charge in [0.15, 0.2) is 0 Å². The highest BCUT2D eigenvalue weighted by Gasteiger charge is 2.30. The van der Waals surface area contributed by atoms with Gasteiger partial charge in [0.2, 0.25) is 5.95 Å². The summed E-state index contributed by atoms with van der Waals surface area (Å²) in [7, 11) is 0. The van der Waals surface area contributed by atoms with Crippen molar-refractivity contribution in [1.82, 2.24) is 14.5 Å². The minimum Gasteiger partial charge on any atom is -0.384 e. The van der Waals surface area contributed by atoms with Crippen LogP contribution in [-0.4, -0.2) is 14.5 Å². The molecule has 1 aliphatic rings. The topological polar surface area (TPSA) is 92.5 Å². The molecule has 0 amide bonds. The number of rotatable bonds is 1. The summed E-state index contributed by atoms with van der Waals surface area (Å²) in [5.74, 6) is 0.964. The highest BCUT2D eigenvalue weighted by molar-refractivity contribution is 5.80. The van der Waals surface area contributed by atoms with Gasteiger partial charge in [0.25, 0.3) is 0 Å². The van der Waals surface area contributed by atoms with E-state index in [-0.39, 0.29) is 6.04 Å². The first-order chi connectivity index (χ1) is 10.8. The summed E-state index contributed by atoms with van der Waals surface area (Å²) in [6, 6.07) is 13.5. The van der Waals surface area contributed by atoms with Crippen molar-refractivity contribution in [2.75, 3.05) is 5.32 Å². The molecule has 4 rings (SSSR count). The van der Waals surface area contributed by atoms with Gasteiger partial charge in [-0.2, -0.15) is 5.26 Å². The van der Waals surface area contributed by atoms with E-state index >= 15 is 0 Å². The lowest BCUT2D eigenvalue weighted by Crippen LogP contribution is -2.27. The highest BCUT2D eigenvalue weighted by Crippen LogP contribution is 2.37. The maximum absolute atomic E-state index is 9.55. The number of fused-ring (bicyclic) bond motifs is 3. The average Bonchev–Trinajstić information content (AvgIpc) is 2.92. The number of pyridine rings is 1. The molecule has 22 heavy (non-hydrogen) atoms. The minimum absolute atomic E-state index is 0.331. The smallest absolute Gasteiger partial charge is 0.210 e. The van der Waals surface area contributed by atoms with Crippen molar-refractivity contribution in [1.29, 1.82) is 5.26 Å². The molecule has 1 atom stereocenters. The summed E-state index contributed by atoms with van der Waals surface area (Å²) < 4.78 is 1.99. The zero-order valence-electron chi connectivity index (χ0n) is 11.6. The van der Waals surface area contributed by atoms with Crippen molar-refractivity contribution in [2.24, 2.45) is 5.73 Å². The average molecular weight is 288 g/mol. The normalized spacial score (nSPS) is 17.0. The van der Waals surface area contributed by atoms with E-state index in [2.05, 4.69) is 21.4 Å². The Hall–Kier alpha value is -3.33.